The molecule has 1 aromatic heterocycles. The predicted octanol–water partition coefficient (Wildman–Crippen LogP) is 14.4. The molecule has 0 amide bonds. The average Bonchev–Trinajstić information content (AvgIpc) is 3.65. The van der Waals surface area contributed by atoms with Crippen molar-refractivity contribution in [2.75, 3.05) is 4.90 Å². The van der Waals surface area contributed by atoms with Crippen molar-refractivity contribution in [1.29, 1.82) is 0 Å². The summed E-state index contributed by atoms with van der Waals surface area (Å²) in [6.45, 7) is 0. The number of para-hydroxylation sites is 1. The van der Waals surface area contributed by atoms with Gasteiger partial charge in [-0.1, -0.05) is 139 Å². The minimum absolute atomic E-state index is 0.0672. The van der Waals surface area contributed by atoms with Crippen LogP contribution in [0.3, 0.4) is 0 Å². The number of fused-ring (bicyclic) bond motifs is 5. The molecule has 0 aliphatic heterocycles. The summed E-state index contributed by atoms with van der Waals surface area (Å²) < 4.78 is 66.2. The van der Waals surface area contributed by atoms with Crippen LogP contribution in [0.2, 0.25) is 0 Å². The molecule has 52 heavy (non-hydrogen) atoms. The van der Waals surface area contributed by atoms with Gasteiger partial charge < -0.3 is 9.32 Å². The smallest absolute Gasteiger partial charge is 0.135 e. The van der Waals surface area contributed by atoms with E-state index in [-0.39, 0.29) is 34.5 Å². The lowest BCUT2D eigenvalue weighted by atomic mass is 9.97. The van der Waals surface area contributed by atoms with E-state index < -0.39 is 24.2 Å². The van der Waals surface area contributed by atoms with Gasteiger partial charge in [0.25, 0.3) is 0 Å². The molecule has 0 radical (unpaired) electrons. The molecule has 10 aromatic rings. The largest absolute Gasteiger partial charge is 0.456 e. The molecule has 0 fully saturated rings. The Bertz CT molecular complexity index is 3300. The van der Waals surface area contributed by atoms with Gasteiger partial charge in [-0.2, -0.15) is 0 Å². The minimum atomic E-state index is -0.489. The minimum Gasteiger partial charge on any atom is -0.456 e. The third-order valence-corrected chi connectivity index (χ3v) is 9.70. The van der Waals surface area contributed by atoms with E-state index in [9.17, 15) is 0 Å². The Labute approximate surface area is 312 Å². The molecular weight excluding hydrogens is 631 g/mol. The normalized spacial score (nSPS) is 13.3. The van der Waals surface area contributed by atoms with Gasteiger partial charge in [0.2, 0.25) is 0 Å². The standard InChI is InChI=1S/C50H33NO/c1-2-11-38-31-40(20-19-34(38)9-1)35-21-26-42(27-22-35)51(43-28-23-37(24-29-43)46-17-8-12-36-10-3-4-15-45(36)46)44-14-7-13-39(32-44)41-25-30-50-48(33-41)47-16-5-6-18-49(47)52-50/h1-33H/i1D,2D,9D,11D,19D,20D,31D. The first kappa shape index (κ1) is 23.5. The van der Waals surface area contributed by atoms with Crippen LogP contribution in [-0.2, 0) is 0 Å². The van der Waals surface area contributed by atoms with Crippen LogP contribution in [0.25, 0.3) is 76.9 Å². The Kier molecular flexibility index (Phi) is 5.63. The zero-order chi connectivity index (χ0) is 40.5. The Balaban J connectivity index is 1.10. The first-order chi connectivity index (χ1) is 28.7. The quantitative estimate of drug-likeness (QED) is 0.175. The van der Waals surface area contributed by atoms with Gasteiger partial charge in [-0.15, -0.1) is 0 Å². The van der Waals surface area contributed by atoms with E-state index in [0.717, 1.165) is 61.3 Å². The molecule has 0 unspecified atom stereocenters. The summed E-state index contributed by atoms with van der Waals surface area (Å²) in [5, 5.41) is 4.26. The van der Waals surface area contributed by atoms with Crippen LogP contribution in [0.5, 0.6) is 0 Å². The monoisotopic (exact) mass is 670 g/mol. The van der Waals surface area contributed by atoms with Crippen molar-refractivity contribution in [2.45, 2.75) is 0 Å². The number of hydrogen-bond donors (Lipinski definition) is 0. The van der Waals surface area contributed by atoms with Crippen LogP contribution in [0.4, 0.5) is 17.1 Å². The van der Waals surface area contributed by atoms with Crippen molar-refractivity contribution in [2.24, 2.45) is 0 Å². The molecule has 0 atom stereocenters. The van der Waals surface area contributed by atoms with Gasteiger partial charge in [-0.25, -0.2) is 0 Å². The lowest BCUT2D eigenvalue weighted by Crippen LogP contribution is -2.10. The maximum absolute atomic E-state index is 9.09. The Hall–Kier alpha value is -6.90. The number of benzene rings is 9. The highest BCUT2D eigenvalue weighted by Gasteiger charge is 2.16. The summed E-state index contributed by atoms with van der Waals surface area (Å²) in [5.41, 5.74) is 9.21. The van der Waals surface area contributed by atoms with Crippen molar-refractivity contribution in [3.05, 3.63) is 200 Å². The molecular formula is C50H33NO. The lowest BCUT2D eigenvalue weighted by Gasteiger charge is -2.26. The molecule has 10 rings (SSSR count). The number of nitrogens with zero attached hydrogens (tertiary/aromatic N) is 1. The van der Waals surface area contributed by atoms with Crippen LogP contribution >= 0.6 is 0 Å². The van der Waals surface area contributed by atoms with Crippen LogP contribution in [-0.4, -0.2) is 0 Å². The Morgan fingerprint density at radius 1 is 0.385 bits per heavy atom. The Morgan fingerprint density at radius 3 is 1.88 bits per heavy atom. The molecule has 9 aromatic carbocycles. The van der Waals surface area contributed by atoms with Gasteiger partial charge in [0.05, 0.1) is 9.60 Å². The molecule has 0 saturated heterocycles. The van der Waals surface area contributed by atoms with E-state index >= 15 is 0 Å². The lowest BCUT2D eigenvalue weighted by molar-refractivity contribution is 0.669. The molecule has 2 heteroatoms. The van der Waals surface area contributed by atoms with Gasteiger partial charge in [0, 0.05) is 27.8 Å². The van der Waals surface area contributed by atoms with E-state index in [0.29, 0.717) is 5.56 Å². The third kappa shape index (κ3) is 5.30. The summed E-state index contributed by atoms with van der Waals surface area (Å²) in [5.74, 6) is 0. The van der Waals surface area contributed by atoms with Gasteiger partial charge >= 0.3 is 0 Å². The number of hydrogen-bond acceptors (Lipinski definition) is 2. The van der Waals surface area contributed by atoms with E-state index in [4.69, 9.17) is 14.0 Å². The topological polar surface area (TPSA) is 16.4 Å². The molecule has 0 saturated carbocycles. The second kappa shape index (κ2) is 12.5. The van der Waals surface area contributed by atoms with Gasteiger partial charge in [0.1, 0.15) is 11.2 Å². The molecule has 0 N–H and O–H groups in total. The SMILES string of the molecule is [2H]c1c([2H])c([2H])c2c([2H])c(-c3ccc(N(c4ccc(-c5cccc6ccccc56)cc4)c4cccc(-c5ccc6oc7ccccc7c6c5)c4)cc3)c([2H])c([2H])c2c1[2H]. The Morgan fingerprint density at radius 2 is 1.04 bits per heavy atom. The average molecular weight is 671 g/mol. The summed E-state index contributed by atoms with van der Waals surface area (Å²) in [6, 6.07) is 50.7. The number of rotatable bonds is 6. The van der Waals surface area contributed by atoms with Crippen molar-refractivity contribution in [3.63, 3.8) is 0 Å². The van der Waals surface area contributed by atoms with Gasteiger partial charge in [-0.05, 0) is 116 Å². The van der Waals surface area contributed by atoms with E-state index in [1.165, 1.54) is 10.8 Å². The highest BCUT2D eigenvalue weighted by Crippen LogP contribution is 2.40. The molecule has 1 heterocycles. The predicted molar refractivity (Wildman–Crippen MR) is 220 cm³/mol. The zero-order valence-electron chi connectivity index (χ0n) is 34.9. The van der Waals surface area contributed by atoms with Crippen LogP contribution in [0.1, 0.15) is 9.60 Å². The molecule has 0 bridgehead atoms. The number of anilines is 3. The zero-order valence-corrected chi connectivity index (χ0v) is 27.9. The van der Waals surface area contributed by atoms with Crippen LogP contribution in [0.15, 0.2) is 204 Å². The molecule has 0 spiro atoms. The van der Waals surface area contributed by atoms with Crippen molar-refractivity contribution < 1.29 is 14.0 Å². The fraction of sp³-hybridized carbons (Fsp3) is 0. The highest BCUT2D eigenvalue weighted by atomic mass is 16.3. The first-order valence-corrected chi connectivity index (χ1v) is 17.2. The summed E-state index contributed by atoms with van der Waals surface area (Å²) in [4.78, 5) is 2.15. The summed E-state index contributed by atoms with van der Waals surface area (Å²) >= 11 is 0. The first-order valence-electron chi connectivity index (χ1n) is 20.7. The van der Waals surface area contributed by atoms with E-state index in [2.05, 4.69) is 102 Å². The molecule has 0 aliphatic carbocycles. The molecule has 244 valence electrons. The second-order valence-corrected chi connectivity index (χ2v) is 12.8. The summed E-state index contributed by atoms with van der Waals surface area (Å²) in [7, 11) is 0. The maximum atomic E-state index is 9.09. The fourth-order valence-corrected chi connectivity index (χ4v) is 7.15. The van der Waals surface area contributed by atoms with Crippen molar-refractivity contribution >= 4 is 60.5 Å². The number of furan rings is 1. The maximum Gasteiger partial charge on any atom is 0.135 e. The molecule has 2 nitrogen and oxygen atoms in total. The van der Waals surface area contributed by atoms with Crippen LogP contribution in [0, 0.1) is 0 Å². The van der Waals surface area contributed by atoms with Gasteiger partial charge in [-0.3, -0.25) is 0 Å². The highest BCUT2D eigenvalue weighted by molar-refractivity contribution is 6.06. The second-order valence-electron chi connectivity index (χ2n) is 12.8. The van der Waals surface area contributed by atoms with E-state index in [1.54, 1.807) is 12.1 Å². The third-order valence-electron chi connectivity index (χ3n) is 9.70. The summed E-state index contributed by atoms with van der Waals surface area (Å²) in [6.07, 6.45) is 0. The fourth-order valence-electron chi connectivity index (χ4n) is 7.15. The van der Waals surface area contributed by atoms with Crippen molar-refractivity contribution in [1.82, 2.24) is 0 Å². The van der Waals surface area contributed by atoms with Crippen LogP contribution < -0.4 is 4.90 Å². The van der Waals surface area contributed by atoms with Crippen molar-refractivity contribution in [3.8, 4) is 33.4 Å². The molecule has 0 aliphatic rings. The van der Waals surface area contributed by atoms with E-state index in [1.807, 2.05) is 48.5 Å². The van der Waals surface area contributed by atoms with Gasteiger partial charge in [0.15, 0.2) is 0 Å².